The fourth-order valence-corrected chi connectivity index (χ4v) is 1.81. The molecule has 0 bridgehead atoms. The Balaban J connectivity index is 1.97. The third-order valence-electron chi connectivity index (χ3n) is 2.69. The lowest BCUT2D eigenvalue weighted by atomic mass is 10.0. The lowest BCUT2D eigenvalue weighted by Gasteiger charge is -2.16. The molecule has 1 spiro atoms. The quantitative estimate of drug-likeness (QED) is 0.553. The first kappa shape index (κ1) is 7.10. The van der Waals surface area contributed by atoms with Crippen molar-refractivity contribution in [2.24, 2.45) is 5.41 Å². The van der Waals surface area contributed by atoms with Gasteiger partial charge in [0.25, 0.3) is 0 Å². The highest BCUT2D eigenvalue weighted by atomic mass is 16.5. The number of carbonyl (C=O) groups is 1. The Labute approximate surface area is 66.1 Å². The molecule has 3 heteroatoms. The number of rotatable bonds is 1. The van der Waals surface area contributed by atoms with Gasteiger partial charge in [-0.15, -0.1) is 0 Å². The van der Waals surface area contributed by atoms with Gasteiger partial charge >= 0.3 is 5.97 Å². The first-order valence-electron chi connectivity index (χ1n) is 4.11. The van der Waals surface area contributed by atoms with E-state index in [0.717, 1.165) is 13.1 Å². The van der Waals surface area contributed by atoms with E-state index in [1.165, 1.54) is 19.8 Å². The zero-order valence-electron chi connectivity index (χ0n) is 6.72. The fraction of sp³-hybridized carbons (Fsp3) is 0.875. The third kappa shape index (κ3) is 1.13. The number of hydrogen-bond acceptors (Lipinski definition) is 3. The number of nitrogens with one attached hydrogen (secondary N) is 1. The first-order valence-corrected chi connectivity index (χ1v) is 4.11. The summed E-state index contributed by atoms with van der Waals surface area (Å²) < 4.78 is 5.19. The van der Waals surface area contributed by atoms with Crippen molar-refractivity contribution in [3.63, 3.8) is 0 Å². The second kappa shape index (κ2) is 2.21. The van der Waals surface area contributed by atoms with Crippen molar-refractivity contribution in [1.29, 1.82) is 0 Å². The predicted molar refractivity (Wildman–Crippen MR) is 40.1 cm³/mol. The zero-order chi connectivity index (χ0) is 7.90. The predicted octanol–water partition coefficient (Wildman–Crippen LogP) is 0.301. The summed E-state index contributed by atoms with van der Waals surface area (Å²) in [7, 11) is 0. The lowest BCUT2D eigenvalue weighted by molar-refractivity contribution is -0.147. The molecule has 1 N–H and O–H groups in total. The summed E-state index contributed by atoms with van der Waals surface area (Å²) in [5, 5.41) is 3.25. The van der Waals surface area contributed by atoms with Crippen LogP contribution in [0, 0.1) is 5.41 Å². The maximum atomic E-state index is 10.7. The number of hydrogen-bond donors (Lipinski definition) is 1. The number of ether oxygens (including phenoxy) is 1. The van der Waals surface area contributed by atoms with E-state index in [1.807, 2.05) is 0 Å². The van der Waals surface area contributed by atoms with Crippen LogP contribution in [0.1, 0.15) is 19.8 Å². The van der Waals surface area contributed by atoms with Crippen LogP contribution in [-0.2, 0) is 9.53 Å². The fourth-order valence-electron chi connectivity index (χ4n) is 1.81. The molecule has 0 amide bonds. The van der Waals surface area contributed by atoms with Crippen LogP contribution in [0.15, 0.2) is 0 Å². The van der Waals surface area contributed by atoms with Crippen LogP contribution in [0.5, 0.6) is 0 Å². The number of carbonyl (C=O) groups excluding carboxylic acids is 1. The van der Waals surface area contributed by atoms with Crippen LogP contribution >= 0.6 is 0 Å². The van der Waals surface area contributed by atoms with Gasteiger partial charge in [-0.2, -0.15) is 0 Å². The third-order valence-corrected chi connectivity index (χ3v) is 2.69. The monoisotopic (exact) mass is 155 g/mol. The molecular weight excluding hydrogens is 142 g/mol. The van der Waals surface area contributed by atoms with Crippen molar-refractivity contribution in [2.75, 3.05) is 13.1 Å². The summed E-state index contributed by atoms with van der Waals surface area (Å²) >= 11 is 0. The highest BCUT2D eigenvalue weighted by Gasteiger charge is 2.54. The maximum absolute atomic E-state index is 10.7. The molecule has 0 radical (unpaired) electrons. The molecule has 0 aromatic carbocycles. The Hall–Kier alpha value is -0.570. The van der Waals surface area contributed by atoms with Gasteiger partial charge in [-0.3, -0.25) is 4.79 Å². The molecule has 0 aromatic rings. The van der Waals surface area contributed by atoms with Crippen molar-refractivity contribution in [1.82, 2.24) is 5.32 Å². The molecule has 62 valence electrons. The molecule has 11 heavy (non-hydrogen) atoms. The van der Waals surface area contributed by atoms with E-state index in [-0.39, 0.29) is 12.1 Å². The van der Waals surface area contributed by atoms with Crippen LogP contribution in [-0.4, -0.2) is 25.2 Å². The van der Waals surface area contributed by atoms with Gasteiger partial charge in [0.1, 0.15) is 6.10 Å². The summed E-state index contributed by atoms with van der Waals surface area (Å²) in [6.07, 6.45) is 2.59. The van der Waals surface area contributed by atoms with Gasteiger partial charge in [-0.1, -0.05) is 0 Å². The van der Waals surface area contributed by atoms with Crippen molar-refractivity contribution in [2.45, 2.75) is 25.9 Å². The Morgan fingerprint density at radius 3 is 2.91 bits per heavy atom. The molecule has 2 aliphatic rings. The SMILES string of the molecule is CC(=O)OC1CNCC12CC2. The van der Waals surface area contributed by atoms with Crippen molar-refractivity contribution >= 4 is 5.97 Å². The van der Waals surface area contributed by atoms with Gasteiger partial charge in [0.05, 0.1) is 0 Å². The minimum absolute atomic E-state index is 0.148. The smallest absolute Gasteiger partial charge is 0.302 e. The average molecular weight is 155 g/mol. The van der Waals surface area contributed by atoms with Crippen LogP contribution in [0.3, 0.4) is 0 Å². The molecule has 1 saturated carbocycles. The standard InChI is InChI=1S/C8H13NO2/c1-6(10)11-7-4-9-5-8(7)2-3-8/h7,9H,2-5H2,1H3. The van der Waals surface area contributed by atoms with E-state index in [0.29, 0.717) is 5.41 Å². The highest BCUT2D eigenvalue weighted by molar-refractivity contribution is 5.66. The van der Waals surface area contributed by atoms with E-state index in [4.69, 9.17) is 4.74 Å². The van der Waals surface area contributed by atoms with Gasteiger partial charge in [0.15, 0.2) is 0 Å². The maximum Gasteiger partial charge on any atom is 0.302 e. The summed E-state index contributed by atoms with van der Waals surface area (Å²) in [5.74, 6) is -0.148. The Kier molecular flexibility index (Phi) is 1.42. The molecule has 1 atom stereocenters. The molecule has 2 fully saturated rings. The van der Waals surface area contributed by atoms with Crippen molar-refractivity contribution in [3.8, 4) is 0 Å². The second-order valence-electron chi connectivity index (χ2n) is 3.59. The largest absolute Gasteiger partial charge is 0.461 e. The van der Waals surface area contributed by atoms with E-state index in [2.05, 4.69) is 5.32 Å². The van der Waals surface area contributed by atoms with Gasteiger partial charge < -0.3 is 10.1 Å². The summed E-state index contributed by atoms with van der Waals surface area (Å²) in [5.41, 5.74) is 0.339. The molecule has 1 aliphatic carbocycles. The highest BCUT2D eigenvalue weighted by Crippen LogP contribution is 2.51. The van der Waals surface area contributed by atoms with Crippen molar-refractivity contribution in [3.05, 3.63) is 0 Å². The normalized spacial score (nSPS) is 32.3. The first-order chi connectivity index (χ1) is 5.23. The van der Waals surface area contributed by atoms with Crippen LogP contribution in [0.25, 0.3) is 0 Å². The minimum atomic E-state index is -0.148. The van der Waals surface area contributed by atoms with E-state index < -0.39 is 0 Å². The zero-order valence-corrected chi connectivity index (χ0v) is 6.72. The summed E-state index contributed by atoms with van der Waals surface area (Å²) in [6.45, 7) is 3.36. The molecular formula is C8H13NO2. The van der Waals surface area contributed by atoms with Crippen molar-refractivity contribution < 1.29 is 9.53 Å². The molecule has 2 rings (SSSR count). The van der Waals surface area contributed by atoms with E-state index in [1.54, 1.807) is 0 Å². The van der Waals surface area contributed by atoms with Gasteiger partial charge in [0.2, 0.25) is 0 Å². The van der Waals surface area contributed by atoms with Gasteiger partial charge in [-0.25, -0.2) is 0 Å². The Morgan fingerprint density at radius 1 is 1.64 bits per heavy atom. The Bertz CT molecular complexity index is 187. The number of esters is 1. The molecule has 3 nitrogen and oxygen atoms in total. The van der Waals surface area contributed by atoms with Gasteiger partial charge in [0, 0.05) is 25.4 Å². The molecule has 1 unspecified atom stereocenters. The minimum Gasteiger partial charge on any atom is -0.461 e. The van der Waals surface area contributed by atoms with E-state index in [9.17, 15) is 4.79 Å². The topological polar surface area (TPSA) is 38.3 Å². The van der Waals surface area contributed by atoms with Crippen LogP contribution in [0.2, 0.25) is 0 Å². The second-order valence-corrected chi connectivity index (χ2v) is 3.59. The summed E-state index contributed by atoms with van der Waals surface area (Å²) in [6, 6.07) is 0. The van der Waals surface area contributed by atoms with Crippen LogP contribution < -0.4 is 5.32 Å². The average Bonchev–Trinajstić information content (AvgIpc) is 2.56. The molecule has 0 aromatic heterocycles. The molecule has 1 heterocycles. The lowest BCUT2D eigenvalue weighted by Crippen LogP contribution is -2.25. The summed E-state index contributed by atoms with van der Waals surface area (Å²) in [4.78, 5) is 10.7. The van der Waals surface area contributed by atoms with Gasteiger partial charge in [-0.05, 0) is 12.8 Å². The van der Waals surface area contributed by atoms with Crippen LogP contribution in [0.4, 0.5) is 0 Å². The molecule has 1 saturated heterocycles. The van der Waals surface area contributed by atoms with E-state index >= 15 is 0 Å². The Morgan fingerprint density at radius 2 is 2.36 bits per heavy atom. The molecule has 1 aliphatic heterocycles.